The molecule has 4 atom stereocenters. The van der Waals surface area contributed by atoms with Crippen molar-refractivity contribution >= 4 is 51.5 Å². The Bertz CT molecular complexity index is 1690. The number of aliphatic imine (C=N–C) groups is 1. The molecule has 14 heteroatoms. The molecule has 45 heavy (non-hydrogen) atoms. The molecule has 4 rings (SSSR count). The molecule has 4 unspecified atom stereocenters. The third kappa shape index (κ3) is 8.60. The van der Waals surface area contributed by atoms with E-state index in [2.05, 4.69) is 30.9 Å². The summed E-state index contributed by atoms with van der Waals surface area (Å²) in [4.78, 5) is 61.9. The van der Waals surface area contributed by atoms with E-state index in [1.54, 1.807) is 12.4 Å². The number of carboxylic acid groups (broad SMARTS) is 1. The molecular formula is C31H39N9O5. The van der Waals surface area contributed by atoms with E-state index >= 15 is 0 Å². The van der Waals surface area contributed by atoms with Gasteiger partial charge in [-0.3, -0.25) is 24.2 Å². The van der Waals surface area contributed by atoms with E-state index in [0.29, 0.717) is 6.42 Å². The second-order valence-corrected chi connectivity index (χ2v) is 10.9. The molecule has 0 bridgehead atoms. The number of rotatable bonds is 15. The summed E-state index contributed by atoms with van der Waals surface area (Å²) < 4.78 is 0. The highest BCUT2D eigenvalue weighted by molar-refractivity contribution is 5.95. The van der Waals surface area contributed by atoms with Crippen LogP contribution in [0.2, 0.25) is 0 Å². The Balaban J connectivity index is 1.52. The first-order chi connectivity index (χ1) is 21.5. The SMILES string of the molecule is CC(NC(=O)C(Cc1c[nH]c2ccccc12)NC(=O)C(CCCN=C(N)N)NC(=O)C(N)Cc1c[nH]c2ccccc12)C(=O)O. The van der Waals surface area contributed by atoms with E-state index in [1.165, 1.54) is 6.92 Å². The predicted octanol–water partition coefficient (Wildman–Crippen LogP) is 0.374. The van der Waals surface area contributed by atoms with Crippen LogP contribution in [0.1, 0.15) is 30.9 Å². The number of amides is 3. The molecule has 14 nitrogen and oxygen atoms in total. The Labute approximate surface area is 259 Å². The number of para-hydroxylation sites is 2. The fourth-order valence-electron chi connectivity index (χ4n) is 5.06. The summed E-state index contributed by atoms with van der Waals surface area (Å²) in [5.74, 6) is -3.22. The van der Waals surface area contributed by atoms with Crippen LogP contribution in [0.5, 0.6) is 0 Å². The molecule has 2 aromatic heterocycles. The van der Waals surface area contributed by atoms with Crippen LogP contribution in [0, 0.1) is 0 Å². The fourth-order valence-corrected chi connectivity index (χ4v) is 5.06. The zero-order valence-corrected chi connectivity index (χ0v) is 24.9. The summed E-state index contributed by atoms with van der Waals surface area (Å²) in [5, 5.41) is 19.0. The molecule has 2 heterocycles. The number of carboxylic acids is 1. The number of hydrogen-bond acceptors (Lipinski definition) is 6. The minimum atomic E-state index is -1.23. The maximum absolute atomic E-state index is 13.7. The first-order valence-electron chi connectivity index (χ1n) is 14.6. The number of aromatic nitrogens is 2. The number of nitrogens with one attached hydrogen (secondary N) is 5. The molecule has 0 fully saturated rings. The third-order valence-corrected chi connectivity index (χ3v) is 7.49. The van der Waals surface area contributed by atoms with Crippen molar-refractivity contribution in [3.63, 3.8) is 0 Å². The minimum Gasteiger partial charge on any atom is -0.480 e. The van der Waals surface area contributed by atoms with E-state index in [4.69, 9.17) is 17.2 Å². The van der Waals surface area contributed by atoms with Crippen LogP contribution in [-0.2, 0) is 32.0 Å². The highest BCUT2D eigenvalue weighted by atomic mass is 16.4. The lowest BCUT2D eigenvalue weighted by Gasteiger charge is -2.25. The Kier molecular flexibility index (Phi) is 10.8. The van der Waals surface area contributed by atoms with Crippen molar-refractivity contribution in [2.45, 2.75) is 56.8 Å². The zero-order valence-electron chi connectivity index (χ0n) is 24.9. The number of carbonyl (C=O) groups is 4. The molecule has 0 saturated carbocycles. The normalized spacial score (nSPS) is 13.8. The minimum absolute atomic E-state index is 0.0582. The first kappa shape index (κ1) is 32.5. The molecule has 12 N–H and O–H groups in total. The number of fused-ring (bicyclic) bond motifs is 2. The van der Waals surface area contributed by atoms with Gasteiger partial charge in [-0.05, 0) is 49.4 Å². The van der Waals surface area contributed by atoms with Crippen molar-refractivity contribution < 1.29 is 24.3 Å². The van der Waals surface area contributed by atoms with Crippen molar-refractivity contribution in [2.75, 3.05) is 6.54 Å². The molecule has 0 radical (unpaired) electrons. The van der Waals surface area contributed by atoms with Gasteiger partial charge < -0.3 is 48.2 Å². The molecule has 0 spiro atoms. The quantitative estimate of drug-likeness (QED) is 0.0511. The molecule has 0 aliphatic heterocycles. The summed E-state index contributed by atoms with van der Waals surface area (Å²) in [6.45, 7) is 1.53. The summed E-state index contributed by atoms with van der Waals surface area (Å²) in [7, 11) is 0. The lowest BCUT2D eigenvalue weighted by atomic mass is 10.0. The van der Waals surface area contributed by atoms with Crippen LogP contribution in [-0.4, -0.2) is 75.4 Å². The fraction of sp³-hybridized carbons (Fsp3) is 0.323. The number of nitrogens with two attached hydrogens (primary N) is 3. The Morgan fingerprint density at radius 3 is 1.91 bits per heavy atom. The molecular weight excluding hydrogens is 578 g/mol. The van der Waals surface area contributed by atoms with Crippen LogP contribution in [0.4, 0.5) is 0 Å². The number of H-pyrrole nitrogens is 2. The van der Waals surface area contributed by atoms with Crippen molar-refractivity contribution in [1.29, 1.82) is 0 Å². The van der Waals surface area contributed by atoms with Crippen LogP contribution in [0.25, 0.3) is 21.8 Å². The number of carbonyl (C=O) groups excluding carboxylic acids is 3. The molecule has 3 amide bonds. The molecule has 4 aromatic rings. The highest BCUT2D eigenvalue weighted by Crippen LogP contribution is 2.20. The second-order valence-electron chi connectivity index (χ2n) is 10.9. The van der Waals surface area contributed by atoms with Gasteiger partial charge in [0.25, 0.3) is 0 Å². The smallest absolute Gasteiger partial charge is 0.325 e. The van der Waals surface area contributed by atoms with Gasteiger partial charge >= 0.3 is 5.97 Å². The van der Waals surface area contributed by atoms with Gasteiger partial charge in [-0.25, -0.2) is 0 Å². The number of aliphatic carboxylic acids is 1. The van der Waals surface area contributed by atoms with Gasteiger partial charge in [0.2, 0.25) is 17.7 Å². The summed E-state index contributed by atoms with van der Waals surface area (Å²) in [5.41, 5.74) is 20.5. The van der Waals surface area contributed by atoms with E-state index in [0.717, 1.165) is 32.9 Å². The van der Waals surface area contributed by atoms with E-state index < -0.39 is 47.9 Å². The van der Waals surface area contributed by atoms with Crippen LogP contribution in [0.3, 0.4) is 0 Å². The monoisotopic (exact) mass is 617 g/mol. The highest BCUT2D eigenvalue weighted by Gasteiger charge is 2.30. The summed E-state index contributed by atoms with van der Waals surface area (Å²) in [6.07, 6.45) is 4.28. The van der Waals surface area contributed by atoms with Crippen molar-refractivity contribution in [2.24, 2.45) is 22.2 Å². The van der Waals surface area contributed by atoms with E-state index in [9.17, 15) is 24.3 Å². The lowest BCUT2D eigenvalue weighted by Crippen LogP contribution is -2.57. The van der Waals surface area contributed by atoms with E-state index in [-0.39, 0.29) is 31.8 Å². The van der Waals surface area contributed by atoms with Gasteiger partial charge in [-0.2, -0.15) is 0 Å². The number of nitrogens with zero attached hydrogens (tertiary/aromatic N) is 1. The van der Waals surface area contributed by atoms with Gasteiger partial charge in [0.15, 0.2) is 5.96 Å². The van der Waals surface area contributed by atoms with E-state index in [1.807, 2.05) is 48.5 Å². The number of guanidine groups is 1. The van der Waals surface area contributed by atoms with Crippen molar-refractivity contribution in [1.82, 2.24) is 25.9 Å². The summed E-state index contributed by atoms with van der Waals surface area (Å²) in [6, 6.07) is 10.7. The molecule has 0 saturated heterocycles. The zero-order chi connectivity index (χ0) is 32.5. The Morgan fingerprint density at radius 1 is 0.800 bits per heavy atom. The number of aromatic amines is 2. The topological polar surface area (TPSA) is 247 Å². The van der Waals surface area contributed by atoms with Crippen molar-refractivity contribution in [3.05, 3.63) is 72.1 Å². The first-order valence-corrected chi connectivity index (χ1v) is 14.6. The van der Waals surface area contributed by atoms with Gasteiger partial charge in [0.1, 0.15) is 18.1 Å². The maximum atomic E-state index is 13.7. The number of benzene rings is 2. The second kappa shape index (κ2) is 14.9. The van der Waals surface area contributed by atoms with Crippen molar-refractivity contribution in [3.8, 4) is 0 Å². The summed E-state index contributed by atoms with van der Waals surface area (Å²) >= 11 is 0. The van der Waals surface area contributed by atoms with Gasteiger partial charge in [0.05, 0.1) is 6.04 Å². The Hall–Kier alpha value is -5.37. The maximum Gasteiger partial charge on any atom is 0.325 e. The van der Waals surface area contributed by atoms with Gasteiger partial charge in [-0.15, -0.1) is 0 Å². The lowest BCUT2D eigenvalue weighted by molar-refractivity contribution is -0.141. The Morgan fingerprint density at radius 2 is 1.33 bits per heavy atom. The molecule has 0 aliphatic rings. The largest absolute Gasteiger partial charge is 0.480 e. The van der Waals surface area contributed by atoms with Gasteiger partial charge in [0, 0.05) is 47.2 Å². The average molecular weight is 618 g/mol. The van der Waals surface area contributed by atoms with Crippen LogP contribution in [0.15, 0.2) is 65.9 Å². The third-order valence-electron chi connectivity index (χ3n) is 7.49. The number of hydrogen-bond donors (Lipinski definition) is 9. The average Bonchev–Trinajstić information content (AvgIpc) is 3.61. The van der Waals surface area contributed by atoms with Crippen LogP contribution >= 0.6 is 0 Å². The standard InChI is InChI=1S/C31H39N9O5/c1-17(30(44)45)38-29(43)26(14-19-16-37-24-10-5-3-8-21(19)24)40-28(42)25(11-6-12-35-31(33)34)39-27(41)22(32)13-18-15-36-23-9-4-2-7-20(18)23/h2-5,7-10,15-17,22,25-26,36-37H,6,11-14,32H2,1H3,(H,38,43)(H,39,41)(H,40,42)(H,44,45)(H4,33,34,35). The molecule has 238 valence electrons. The molecule has 2 aromatic carbocycles. The molecule has 0 aliphatic carbocycles. The van der Waals surface area contributed by atoms with Gasteiger partial charge in [-0.1, -0.05) is 36.4 Å². The predicted molar refractivity (Wildman–Crippen MR) is 171 cm³/mol. The van der Waals surface area contributed by atoms with Crippen LogP contribution < -0.4 is 33.2 Å².